The van der Waals surface area contributed by atoms with Crippen molar-refractivity contribution in [2.75, 3.05) is 24.4 Å². The molecule has 0 unspecified atom stereocenters. The first-order valence-corrected chi connectivity index (χ1v) is 17.4. The third-order valence-corrected chi connectivity index (χ3v) is 9.32. The van der Waals surface area contributed by atoms with Crippen LogP contribution in [0.25, 0.3) is 0 Å². The molecule has 18 heteroatoms. The smallest absolute Gasteiger partial charge is 0.413 e. The van der Waals surface area contributed by atoms with Gasteiger partial charge in [0, 0.05) is 11.1 Å². The van der Waals surface area contributed by atoms with Crippen LogP contribution in [0.4, 0.5) is 9.93 Å². The highest BCUT2D eigenvalue weighted by Gasteiger charge is 2.54. The van der Waals surface area contributed by atoms with Crippen molar-refractivity contribution in [1.82, 2.24) is 15.2 Å². The number of carboxylic acids is 1. The summed E-state index contributed by atoms with van der Waals surface area (Å²) in [5, 5.41) is 19.9. The number of thiazole rings is 1. The van der Waals surface area contributed by atoms with Crippen LogP contribution in [0, 0.1) is 6.92 Å². The molecule has 3 heterocycles. The summed E-state index contributed by atoms with van der Waals surface area (Å²) in [6.07, 6.45) is 0.426. The Bertz CT molecular complexity index is 1730. The molecule has 0 bridgehead atoms. The van der Waals surface area contributed by atoms with Gasteiger partial charge in [-0.15, -0.1) is 23.1 Å². The molecule has 46 heavy (non-hydrogen) atoms. The lowest BCUT2D eigenvalue weighted by atomic mass is 9.94. The van der Waals surface area contributed by atoms with Gasteiger partial charge in [-0.3, -0.25) is 24.0 Å². The highest BCUT2D eigenvalue weighted by atomic mass is 32.2. The third-order valence-electron chi connectivity index (χ3n) is 6.68. The van der Waals surface area contributed by atoms with Crippen molar-refractivity contribution >= 4 is 67.9 Å². The lowest BCUT2D eigenvalue weighted by Crippen LogP contribution is -2.71. The lowest BCUT2D eigenvalue weighted by Gasteiger charge is -2.49. The number of carbonyl (C=O) groups excluding carboxylic acids is 3. The monoisotopic (exact) mass is 695 g/mol. The molecule has 0 spiro atoms. The molecule has 2 aliphatic heterocycles. The van der Waals surface area contributed by atoms with Crippen LogP contribution in [-0.2, 0) is 51.3 Å². The van der Waals surface area contributed by atoms with Gasteiger partial charge in [0.25, 0.3) is 21.9 Å². The van der Waals surface area contributed by atoms with E-state index in [0.717, 1.165) is 33.6 Å². The molecule has 248 valence electrons. The minimum absolute atomic E-state index is 0.0725. The minimum Gasteiger partial charge on any atom is -0.477 e. The van der Waals surface area contributed by atoms with Crippen molar-refractivity contribution < 1.29 is 46.5 Å². The second-order valence-electron chi connectivity index (χ2n) is 11.2. The van der Waals surface area contributed by atoms with E-state index in [2.05, 4.69) is 20.8 Å². The zero-order chi connectivity index (χ0) is 34.0. The first-order chi connectivity index (χ1) is 21.5. The molecule has 0 aliphatic carbocycles. The Morgan fingerprint density at radius 2 is 1.91 bits per heavy atom. The first kappa shape index (κ1) is 34.9. The molecule has 2 aromatic rings. The molecule has 3 amide bonds. The van der Waals surface area contributed by atoms with Crippen molar-refractivity contribution in [3.8, 4) is 0 Å². The molecule has 15 nitrogen and oxygen atoms in total. The van der Waals surface area contributed by atoms with Gasteiger partial charge in [0.15, 0.2) is 10.8 Å². The number of β-lactam (4-membered cyclic amide) rings is 1. The van der Waals surface area contributed by atoms with Crippen LogP contribution in [-0.4, -0.2) is 89.1 Å². The largest absolute Gasteiger partial charge is 0.477 e. The van der Waals surface area contributed by atoms with Gasteiger partial charge in [-0.1, -0.05) is 23.4 Å². The van der Waals surface area contributed by atoms with E-state index in [1.165, 1.54) is 24.3 Å². The van der Waals surface area contributed by atoms with Crippen molar-refractivity contribution in [3.63, 3.8) is 0 Å². The Morgan fingerprint density at radius 1 is 1.22 bits per heavy atom. The Kier molecular flexibility index (Phi) is 10.4. The second-order valence-corrected chi connectivity index (χ2v) is 14.9. The standard InChI is InChI=1S/C28H33N5O10S3/c1-14-15(8-7-9-16(14)11-42-46(6,39)40)10-17-12-44-24-20(23(35)33(24)21(17)25(36)37)30-22(34)19(32-41-5)18-13-45-26(29-18)31-27(38)43-28(2,3)4/h7-9,13,20,24H,10-12H2,1-6H3,(H,30,34)(H,36,37)(H,29,31,38)/b32-19-/t20-,24-/m1/s1. The van der Waals surface area contributed by atoms with Crippen LogP contribution >= 0.6 is 23.1 Å². The predicted octanol–water partition coefficient (Wildman–Crippen LogP) is 2.61. The molecule has 1 aromatic heterocycles. The number of aromatic nitrogens is 1. The quantitative estimate of drug-likeness (QED) is 0.134. The number of hydrogen-bond donors (Lipinski definition) is 3. The number of nitrogens with one attached hydrogen (secondary N) is 2. The molecule has 3 N–H and O–H groups in total. The van der Waals surface area contributed by atoms with E-state index in [9.17, 15) is 32.7 Å². The van der Waals surface area contributed by atoms with Crippen molar-refractivity contribution in [2.45, 2.75) is 57.7 Å². The number of oxime groups is 1. The normalized spacial score (nSPS) is 18.4. The highest BCUT2D eigenvalue weighted by molar-refractivity contribution is 8.00. The topological polar surface area (TPSA) is 203 Å². The van der Waals surface area contributed by atoms with E-state index in [4.69, 9.17) is 13.8 Å². The highest BCUT2D eigenvalue weighted by Crippen LogP contribution is 2.41. The van der Waals surface area contributed by atoms with Gasteiger partial charge < -0.3 is 20.0 Å². The number of carboxylic acid groups (broad SMARTS) is 1. The van der Waals surface area contributed by atoms with Crippen molar-refractivity contribution in [2.24, 2.45) is 5.16 Å². The fraction of sp³-hybridized carbons (Fsp3) is 0.429. The average Bonchev–Trinajstić information content (AvgIpc) is 3.40. The number of nitrogens with zero attached hydrogens (tertiary/aromatic N) is 3. The van der Waals surface area contributed by atoms with E-state index in [1.54, 1.807) is 45.9 Å². The van der Waals surface area contributed by atoms with E-state index in [-0.39, 0.29) is 41.0 Å². The molecule has 1 fully saturated rings. The van der Waals surface area contributed by atoms with Crippen LogP contribution in [0.15, 0.2) is 40.0 Å². The van der Waals surface area contributed by atoms with Crippen molar-refractivity contribution in [1.29, 1.82) is 0 Å². The van der Waals surface area contributed by atoms with Crippen molar-refractivity contribution in [3.05, 3.63) is 57.2 Å². The molecular weight excluding hydrogens is 663 g/mol. The van der Waals surface area contributed by atoms with E-state index in [0.29, 0.717) is 11.1 Å². The van der Waals surface area contributed by atoms with E-state index in [1.807, 2.05) is 0 Å². The van der Waals surface area contributed by atoms with Crippen LogP contribution < -0.4 is 10.6 Å². The van der Waals surface area contributed by atoms with Crippen LogP contribution in [0.1, 0.15) is 43.2 Å². The Balaban J connectivity index is 1.48. The summed E-state index contributed by atoms with van der Waals surface area (Å²) in [5.74, 6) is -2.43. The fourth-order valence-electron chi connectivity index (χ4n) is 4.64. The minimum atomic E-state index is -3.66. The molecular formula is C28H33N5O10S3. The number of amides is 3. The maximum atomic E-state index is 13.3. The zero-order valence-corrected chi connectivity index (χ0v) is 28.2. The number of rotatable bonds is 11. The van der Waals surface area contributed by atoms with Gasteiger partial charge in [0.05, 0.1) is 12.9 Å². The van der Waals surface area contributed by atoms with Crippen LogP contribution in [0.5, 0.6) is 0 Å². The van der Waals surface area contributed by atoms with E-state index >= 15 is 0 Å². The van der Waals surface area contributed by atoms with Gasteiger partial charge in [0.2, 0.25) is 0 Å². The van der Waals surface area contributed by atoms with Gasteiger partial charge >= 0.3 is 12.1 Å². The molecule has 4 rings (SSSR count). The SMILES string of the molecule is CO/N=C(\C(=O)N[C@@H]1C(=O)N2C(C(=O)O)=C(Cc3cccc(COS(C)(=O)=O)c3C)CS[C@H]12)c1csc(NC(=O)OC(C)(C)C)n1. The van der Waals surface area contributed by atoms with E-state index < -0.39 is 51.0 Å². The van der Waals surface area contributed by atoms with Crippen LogP contribution in [0.2, 0.25) is 0 Å². The molecule has 2 aliphatic rings. The van der Waals surface area contributed by atoms with Gasteiger partial charge in [0.1, 0.15) is 35.5 Å². The number of benzene rings is 1. The lowest BCUT2D eigenvalue weighted by molar-refractivity contribution is -0.150. The summed E-state index contributed by atoms with van der Waals surface area (Å²) in [6.45, 7) is 6.74. The summed E-state index contributed by atoms with van der Waals surface area (Å²) in [5.41, 5.74) is 1.54. The average molecular weight is 696 g/mol. The third kappa shape index (κ3) is 8.23. The van der Waals surface area contributed by atoms with Crippen LogP contribution in [0.3, 0.4) is 0 Å². The number of ether oxygens (including phenoxy) is 1. The molecule has 0 saturated carbocycles. The van der Waals surface area contributed by atoms with Gasteiger partial charge in [-0.25, -0.2) is 14.6 Å². The Morgan fingerprint density at radius 3 is 2.54 bits per heavy atom. The summed E-state index contributed by atoms with van der Waals surface area (Å²) in [6, 6.07) is 4.19. The number of aliphatic carboxylic acids is 1. The summed E-state index contributed by atoms with van der Waals surface area (Å²) < 4.78 is 33.0. The number of thioether (sulfide) groups is 1. The molecule has 1 aromatic carbocycles. The fourth-order valence-corrected chi connectivity index (χ4v) is 7.01. The maximum absolute atomic E-state index is 13.3. The van der Waals surface area contributed by atoms with Gasteiger partial charge in [-0.05, 0) is 56.4 Å². The molecule has 1 saturated heterocycles. The number of hydrogen-bond acceptors (Lipinski definition) is 13. The molecule has 0 radical (unpaired) electrons. The zero-order valence-electron chi connectivity index (χ0n) is 25.8. The predicted molar refractivity (Wildman–Crippen MR) is 170 cm³/mol. The summed E-state index contributed by atoms with van der Waals surface area (Å²) in [7, 11) is -2.43. The second kappa shape index (κ2) is 13.8. The summed E-state index contributed by atoms with van der Waals surface area (Å²) >= 11 is 2.31. The molecule has 2 atom stereocenters. The summed E-state index contributed by atoms with van der Waals surface area (Å²) in [4.78, 5) is 61.2. The van der Waals surface area contributed by atoms with Gasteiger partial charge in [-0.2, -0.15) is 8.42 Å². The first-order valence-electron chi connectivity index (χ1n) is 13.7. The number of fused-ring (bicyclic) bond motifs is 1. The Labute approximate surface area is 273 Å². The Hall–Kier alpha value is -4.00. The number of anilines is 1. The maximum Gasteiger partial charge on any atom is 0.413 e. The number of carbonyl (C=O) groups is 4.